The van der Waals surface area contributed by atoms with Crippen molar-refractivity contribution in [3.8, 4) is 0 Å². The largest absolute Gasteiger partial charge is 0.469 e. The first-order valence-electron chi connectivity index (χ1n) is 30.5. The summed E-state index contributed by atoms with van der Waals surface area (Å²) in [7, 11) is 2.46. The van der Waals surface area contributed by atoms with E-state index in [-0.39, 0.29) is 75.4 Å². The molecule has 2 aliphatic rings. The number of rotatable bonds is 41. The van der Waals surface area contributed by atoms with Gasteiger partial charge in [0.05, 0.1) is 14.2 Å². The summed E-state index contributed by atoms with van der Waals surface area (Å²) in [5, 5.41) is 13.9. The number of ether oxygens (including phenoxy) is 2. The molecule has 9 atom stereocenters. The Labute approximate surface area is 475 Å². The zero-order valence-electron chi connectivity index (χ0n) is 50.5. The molecular formula is C60H108N8O11. The quantitative estimate of drug-likeness (QED) is 0.0267. The van der Waals surface area contributed by atoms with Gasteiger partial charge in [-0.2, -0.15) is 0 Å². The van der Waals surface area contributed by atoms with Crippen molar-refractivity contribution >= 4 is 53.3 Å². The maximum Gasteiger partial charge on any atom is 0.305 e. The second-order valence-corrected chi connectivity index (χ2v) is 24.1. The van der Waals surface area contributed by atoms with Gasteiger partial charge in [0, 0.05) is 58.4 Å². The van der Waals surface area contributed by atoms with Crippen LogP contribution in [0.4, 0.5) is 0 Å². The number of carbonyl (C=O) groups excluding carboxylic acids is 9. The van der Waals surface area contributed by atoms with Crippen LogP contribution in [0.3, 0.4) is 0 Å². The van der Waals surface area contributed by atoms with Crippen LogP contribution in [-0.4, -0.2) is 140 Å². The minimum absolute atomic E-state index is 0.0341. The zero-order chi connectivity index (χ0) is 58.9. The Morgan fingerprint density at radius 2 is 0.835 bits per heavy atom. The average Bonchev–Trinajstić information content (AvgIpc) is 4.13. The smallest absolute Gasteiger partial charge is 0.305 e. The molecule has 0 saturated carbocycles. The lowest BCUT2D eigenvalue weighted by Crippen LogP contribution is -2.56. The Morgan fingerprint density at radius 1 is 0.456 bits per heavy atom. The van der Waals surface area contributed by atoms with Crippen LogP contribution in [0.15, 0.2) is 0 Å². The van der Waals surface area contributed by atoms with Gasteiger partial charge in [0.25, 0.3) is 0 Å². The molecule has 2 fully saturated rings. The van der Waals surface area contributed by atoms with E-state index in [0.717, 1.165) is 38.5 Å². The molecule has 0 aliphatic carbocycles. The van der Waals surface area contributed by atoms with Crippen LogP contribution in [0.5, 0.6) is 0 Å². The highest BCUT2D eigenvalue weighted by atomic mass is 16.5. The lowest BCUT2D eigenvalue weighted by molar-refractivity contribution is -0.142. The van der Waals surface area contributed by atoms with Crippen molar-refractivity contribution in [2.45, 2.75) is 246 Å². The molecule has 0 bridgehead atoms. The number of likely N-dealkylation sites (tertiary alicyclic amines) is 2. The molecule has 7 amide bonds. The molecule has 2 aliphatic heterocycles. The van der Waals surface area contributed by atoms with Gasteiger partial charge in [-0.3, -0.25) is 43.2 Å². The fourth-order valence-electron chi connectivity index (χ4n) is 10.8. The van der Waals surface area contributed by atoms with E-state index < -0.39 is 71.7 Å². The fourth-order valence-corrected chi connectivity index (χ4v) is 10.8. The topological polar surface area (TPSA) is 265 Å². The maximum atomic E-state index is 14.0. The summed E-state index contributed by atoms with van der Waals surface area (Å²) >= 11 is 0. The van der Waals surface area contributed by atoms with Crippen LogP contribution in [0, 0.1) is 35.5 Å². The summed E-state index contributed by atoms with van der Waals surface area (Å²) in [5.74, 6) is -1.06. The van der Waals surface area contributed by atoms with Gasteiger partial charge in [-0.15, -0.1) is 0 Å². The molecule has 19 nitrogen and oxygen atoms in total. The molecule has 454 valence electrons. The molecule has 0 aromatic carbocycles. The van der Waals surface area contributed by atoms with Gasteiger partial charge in [-0.25, -0.2) is 0 Å². The SMILES string of the molecule is COC(=O)CCC(NC(=O)C1CCCN1C(=O)CC(C)CCCC(C)CCCC(C)C)C(=O)NCCCCC(NC(=O)C(CCC(=O)OC)NC(=O)C1CCCN1C(=O)CC(C)CCCC(C)CCCC(C)C)C(=O)NCCN. The highest BCUT2D eigenvalue weighted by molar-refractivity contribution is 5.95. The van der Waals surface area contributed by atoms with E-state index in [0.29, 0.717) is 88.1 Å². The second kappa shape index (κ2) is 39.6. The minimum Gasteiger partial charge on any atom is -0.469 e. The zero-order valence-corrected chi connectivity index (χ0v) is 50.5. The number of carbonyl (C=O) groups is 9. The average molecular weight is 1120 g/mol. The number of hydrogen-bond donors (Lipinski definition) is 6. The number of hydrogen-bond acceptors (Lipinski definition) is 12. The molecule has 2 heterocycles. The normalized spacial score (nSPS) is 18.0. The molecule has 0 radical (unpaired) electrons. The Balaban J connectivity index is 2.05. The summed E-state index contributed by atoms with van der Waals surface area (Å²) in [5.41, 5.74) is 5.68. The Morgan fingerprint density at radius 3 is 1.24 bits per heavy atom. The molecule has 9 unspecified atom stereocenters. The third kappa shape index (κ3) is 29.0. The summed E-state index contributed by atoms with van der Waals surface area (Å²) in [6, 6.07) is -4.94. The Bertz CT molecular complexity index is 1870. The second-order valence-electron chi connectivity index (χ2n) is 24.1. The monoisotopic (exact) mass is 1120 g/mol. The van der Waals surface area contributed by atoms with E-state index in [1.54, 1.807) is 9.80 Å². The first kappa shape index (κ1) is 70.3. The predicted molar refractivity (Wildman–Crippen MR) is 308 cm³/mol. The van der Waals surface area contributed by atoms with E-state index in [4.69, 9.17) is 15.2 Å². The molecule has 0 aromatic rings. The van der Waals surface area contributed by atoms with E-state index in [1.807, 2.05) is 0 Å². The van der Waals surface area contributed by atoms with Gasteiger partial charge < -0.3 is 51.6 Å². The molecule has 0 aromatic heterocycles. The van der Waals surface area contributed by atoms with E-state index in [2.05, 4.69) is 82.0 Å². The lowest BCUT2D eigenvalue weighted by atomic mass is 9.92. The van der Waals surface area contributed by atoms with Gasteiger partial charge in [0.1, 0.15) is 30.2 Å². The van der Waals surface area contributed by atoms with Crippen LogP contribution < -0.4 is 32.3 Å². The molecule has 19 heteroatoms. The molecular weight excluding hydrogens is 1010 g/mol. The first-order chi connectivity index (χ1) is 37.6. The fraction of sp³-hybridized carbons (Fsp3) is 0.850. The highest BCUT2D eigenvalue weighted by Gasteiger charge is 2.38. The predicted octanol–water partition coefficient (Wildman–Crippen LogP) is 7.01. The number of methoxy groups -OCH3 is 2. The van der Waals surface area contributed by atoms with Crippen molar-refractivity contribution in [3.05, 3.63) is 0 Å². The minimum atomic E-state index is -1.24. The van der Waals surface area contributed by atoms with Crippen molar-refractivity contribution in [1.82, 2.24) is 36.4 Å². The number of esters is 2. The summed E-state index contributed by atoms with van der Waals surface area (Å²) in [6.45, 7) is 19.0. The van der Waals surface area contributed by atoms with Gasteiger partial charge in [0.15, 0.2) is 0 Å². The summed E-state index contributed by atoms with van der Waals surface area (Å²) in [6.07, 6.45) is 16.6. The van der Waals surface area contributed by atoms with Gasteiger partial charge in [0.2, 0.25) is 41.4 Å². The maximum absolute atomic E-state index is 14.0. The van der Waals surface area contributed by atoms with Gasteiger partial charge in [-0.1, -0.05) is 132 Å². The van der Waals surface area contributed by atoms with Crippen molar-refractivity contribution in [2.24, 2.45) is 41.2 Å². The third-order valence-electron chi connectivity index (χ3n) is 15.8. The first-order valence-corrected chi connectivity index (χ1v) is 30.5. The van der Waals surface area contributed by atoms with Gasteiger partial charge in [-0.05, 0) is 93.3 Å². The molecule has 79 heavy (non-hydrogen) atoms. The van der Waals surface area contributed by atoms with Crippen LogP contribution >= 0.6 is 0 Å². The van der Waals surface area contributed by atoms with E-state index in [9.17, 15) is 43.2 Å². The number of unbranched alkanes of at least 4 members (excludes halogenated alkanes) is 1. The Hall–Kier alpha value is -4.81. The standard InChI is InChI=1S/C60H108N8O11/c1-41(2)19-13-21-43(5)23-15-25-45(7)39-52(69)67-37-17-28-50(67)59(76)65-48(30-32-54(71)78-9)57(74)62-35-12-11-27-47(56(73)63-36-34-61)64-58(75)49(31-33-55(72)79-10)66-60(77)51-29-18-38-68(51)53(70)40-46(8)26-16-24-44(6)22-14-20-42(3)4/h41-51H,11-40,61H2,1-10H3,(H,62,74)(H,63,73)(H,64,75)(H,65,76)(H,66,77). The molecule has 0 spiro atoms. The summed E-state index contributed by atoms with van der Waals surface area (Å²) < 4.78 is 9.65. The van der Waals surface area contributed by atoms with E-state index in [1.165, 1.54) is 52.7 Å². The highest BCUT2D eigenvalue weighted by Crippen LogP contribution is 2.26. The third-order valence-corrected chi connectivity index (χ3v) is 15.8. The number of nitrogens with one attached hydrogen (secondary N) is 5. The number of nitrogens with two attached hydrogens (primary N) is 1. The van der Waals surface area contributed by atoms with Gasteiger partial charge >= 0.3 is 11.9 Å². The number of amides is 7. The van der Waals surface area contributed by atoms with Crippen molar-refractivity contribution in [1.29, 1.82) is 0 Å². The lowest BCUT2D eigenvalue weighted by Gasteiger charge is -2.28. The van der Waals surface area contributed by atoms with Crippen molar-refractivity contribution in [3.63, 3.8) is 0 Å². The molecule has 2 saturated heterocycles. The van der Waals surface area contributed by atoms with Crippen molar-refractivity contribution in [2.75, 3.05) is 46.9 Å². The van der Waals surface area contributed by atoms with Crippen LogP contribution in [-0.2, 0) is 52.6 Å². The van der Waals surface area contributed by atoms with Crippen LogP contribution in [0.1, 0.15) is 216 Å². The molecule has 7 N–H and O–H groups in total. The molecule has 2 rings (SSSR count). The number of nitrogens with zero attached hydrogens (tertiary/aromatic N) is 2. The van der Waals surface area contributed by atoms with Crippen molar-refractivity contribution < 1.29 is 52.6 Å². The van der Waals surface area contributed by atoms with E-state index >= 15 is 0 Å². The van der Waals surface area contributed by atoms with Crippen LogP contribution in [0.2, 0.25) is 0 Å². The van der Waals surface area contributed by atoms with Crippen LogP contribution in [0.25, 0.3) is 0 Å². The summed E-state index contributed by atoms with van der Waals surface area (Å²) in [4.78, 5) is 124. The Kier molecular flexibility index (Phi) is 35.2.